The average Bonchev–Trinajstić information content (AvgIpc) is 3.09. The fourth-order valence-electron chi connectivity index (χ4n) is 2.09. The van der Waals surface area contributed by atoms with Gasteiger partial charge in [0, 0.05) is 11.6 Å². The summed E-state index contributed by atoms with van der Waals surface area (Å²) in [4.78, 5) is 11.7. The first kappa shape index (κ1) is 15.8. The van der Waals surface area contributed by atoms with Crippen molar-refractivity contribution >= 4 is 5.97 Å². The molecular formula is C19H17NO4. The standard InChI is InChI=1S/C19H17NO4/c1-14-7-9-15(10-8-14)18-11-16(20-24-18)12-23-19(21)13-22-17-5-3-2-4-6-17/h2-11H,12-13H2,1H3. The molecule has 1 aromatic heterocycles. The number of carbonyl (C=O) groups excluding carboxylic acids is 1. The predicted molar refractivity (Wildman–Crippen MR) is 88.4 cm³/mol. The lowest BCUT2D eigenvalue weighted by Gasteiger charge is -2.05. The molecule has 5 nitrogen and oxygen atoms in total. The van der Waals surface area contributed by atoms with Gasteiger partial charge < -0.3 is 14.0 Å². The Morgan fingerprint density at radius 2 is 1.83 bits per heavy atom. The minimum Gasteiger partial charge on any atom is -0.482 e. The van der Waals surface area contributed by atoms with E-state index in [9.17, 15) is 4.79 Å². The van der Waals surface area contributed by atoms with Gasteiger partial charge in [-0.15, -0.1) is 0 Å². The summed E-state index contributed by atoms with van der Waals surface area (Å²) in [5.41, 5.74) is 2.66. The molecular weight excluding hydrogens is 306 g/mol. The molecule has 0 bridgehead atoms. The highest BCUT2D eigenvalue weighted by atomic mass is 16.6. The lowest BCUT2D eigenvalue weighted by Crippen LogP contribution is -2.14. The SMILES string of the molecule is Cc1ccc(-c2cc(COC(=O)COc3ccccc3)no2)cc1. The Kier molecular flexibility index (Phi) is 4.91. The Morgan fingerprint density at radius 3 is 2.58 bits per heavy atom. The van der Waals surface area contributed by atoms with Gasteiger partial charge >= 0.3 is 5.97 Å². The van der Waals surface area contributed by atoms with E-state index in [-0.39, 0.29) is 13.2 Å². The van der Waals surface area contributed by atoms with Crippen LogP contribution in [0.4, 0.5) is 0 Å². The fraction of sp³-hybridized carbons (Fsp3) is 0.158. The van der Waals surface area contributed by atoms with Crippen molar-refractivity contribution in [2.45, 2.75) is 13.5 Å². The van der Waals surface area contributed by atoms with E-state index < -0.39 is 5.97 Å². The molecule has 0 saturated heterocycles. The highest BCUT2D eigenvalue weighted by molar-refractivity contribution is 5.71. The number of ether oxygens (including phenoxy) is 2. The molecule has 0 unspecified atom stereocenters. The molecule has 0 saturated carbocycles. The smallest absolute Gasteiger partial charge is 0.344 e. The molecule has 1 heterocycles. The van der Waals surface area contributed by atoms with E-state index in [0.29, 0.717) is 17.2 Å². The molecule has 0 N–H and O–H groups in total. The molecule has 3 rings (SSSR count). The van der Waals surface area contributed by atoms with Crippen molar-refractivity contribution < 1.29 is 18.8 Å². The van der Waals surface area contributed by atoms with Crippen LogP contribution in [0.5, 0.6) is 5.75 Å². The van der Waals surface area contributed by atoms with E-state index in [0.717, 1.165) is 5.56 Å². The van der Waals surface area contributed by atoms with E-state index in [1.165, 1.54) is 5.56 Å². The third-order valence-corrected chi connectivity index (χ3v) is 3.38. The number of para-hydroxylation sites is 1. The molecule has 0 radical (unpaired) electrons. The van der Waals surface area contributed by atoms with Gasteiger partial charge in [-0.3, -0.25) is 0 Å². The third-order valence-electron chi connectivity index (χ3n) is 3.38. The number of carbonyl (C=O) groups is 1. The van der Waals surface area contributed by atoms with Crippen LogP contribution in [0, 0.1) is 6.92 Å². The number of rotatable bonds is 6. The van der Waals surface area contributed by atoms with Gasteiger partial charge in [0.15, 0.2) is 12.4 Å². The van der Waals surface area contributed by atoms with Gasteiger partial charge in [0.05, 0.1) is 0 Å². The van der Waals surface area contributed by atoms with E-state index in [4.69, 9.17) is 14.0 Å². The first-order chi connectivity index (χ1) is 11.7. The van der Waals surface area contributed by atoms with Crippen LogP contribution in [0.25, 0.3) is 11.3 Å². The maximum absolute atomic E-state index is 11.7. The summed E-state index contributed by atoms with van der Waals surface area (Å²) in [5.74, 6) is 0.804. The molecule has 0 aliphatic carbocycles. The Labute approximate surface area is 139 Å². The summed E-state index contributed by atoms with van der Waals surface area (Å²) >= 11 is 0. The molecule has 5 heteroatoms. The summed E-state index contributed by atoms with van der Waals surface area (Å²) in [6, 6.07) is 18.8. The van der Waals surface area contributed by atoms with Gasteiger partial charge in [0.1, 0.15) is 18.1 Å². The molecule has 0 spiro atoms. The summed E-state index contributed by atoms with van der Waals surface area (Å²) < 4.78 is 15.7. The van der Waals surface area contributed by atoms with Crippen LogP contribution in [0.2, 0.25) is 0 Å². The molecule has 0 aliphatic heterocycles. The molecule has 0 atom stereocenters. The van der Waals surface area contributed by atoms with Gasteiger partial charge in [-0.05, 0) is 19.1 Å². The predicted octanol–water partition coefficient (Wildman–Crippen LogP) is 3.77. The first-order valence-corrected chi connectivity index (χ1v) is 7.57. The van der Waals surface area contributed by atoms with E-state index in [1.807, 2.05) is 49.4 Å². The van der Waals surface area contributed by atoms with Gasteiger partial charge in [-0.2, -0.15) is 0 Å². The van der Waals surface area contributed by atoms with Crippen LogP contribution in [0.15, 0.2) is 65.2 Å². The summed E-state index contributed by atoms with van der Waals surface area (Å²) in [7, 11) is 0. The topological polar surface area (TPSA) is 61.6 Å². The van der Waals surface area contributed by atoms with Crippen LogP contribution in [0.3, 0.4) is 0 Å². The van der Waals surface area contributed by atoms with Crippen molar-refractivity contribution in [3.8, 4) is 17.1 Å². The summed E-state index contributed by atoms with van der Waals surface area (Å²) in [6.45, 7) is 1.92. The minimum atomic E-state index is -0.460. The van der Waals surface area contributed by atoms with Crippen LogP contribution < -0.4 is 4.74 Å². The molecule has 24 heavy (non-hydrogen) atoms. The first-order valence-electron chi connectivity index (χ1n) is 7.57. The molecule has 0 aliphatic rings. The quantitative estimate of drug-likeness (QED) is 0.646. The van der Waals surface area contributed by atoms with Gasteiger partial charge in [-0.1, -0.05) is 53.2 Å². The van der Waals surface area contributed by atoms with Crippen molar-refractivity contribution in [3.05, 3.63) is 71.9 Å². The number of esters is 1. The Balaban J connectivity index is 1.50. The lowest BCUT2D eigenvalue weighted by molar-refractivity contribution is -0.147. The van der Waals surface area contributed by atoms with E-state index in [1.54, 1.807) is 18.2 Å². The van der Waals surface area contributed by atoms with Crippen molar-refractivity contribution in [1.82, 2.24) is 5.16 Å². The Morgan fingerprint density at radius 1 is 1.08 bits per heavy atom. The van der Waals surface area contributed by atoms with Crippen molar-refractivity contribution in [1.29, 1.82) is 0 Å². The van der Waals surface area contributed by atoms with Crippen LogP contribution in [-0.2, 0) is 16.1 Å². The van der Waals surface area contributed by atoms with Crippen LogP contribution in [0.1, 0.15) is 11.3 Å². The summed E-state index contributed by atoms with van der Waals surface area (Å²) in [5, 5.41) is 3.91. The number of hydrogen-bond donors (Lipinski definition) is 0. The second-order valence-electron chi connectivity index (χ2n) is 5.31. The molecule has 3 aromatic rings. The number of benzene rings is 2. The average molecular weight is 323 g/mol. The van der Waals surface area contributed by atoms with Crippen molar-refractivity contribution in [3.63, 3.8) is 0 Å². The lowest BCUT2D eigenvalue weighted by atomic mass is 10.1. The van der Waals surface area contributed by atoms with Crippen molar-refractivity contribution in [2.24, 2.45) is 0 Å². The Bertz CT molecular complexity index is 794. The number of aromatic nitrogens is 1. The van der Waals surface area contributed by atoms with Crippen LogP contribution >= 0.6 is 0 Å². The van der Waals surface area contributed by atoms with Crippen molar-refractivity contribution in [2.75, 3.05) is 6.61 Å². The number of aryl methyl sites for hydroxylation is 1. The number of nitrogens with zero attached hydrogens (tertiary/aromatic N) is 1. The van der Waals surface area contributed by atoms with Gasteiger partial charge in [0.2, 0.25) is 0 Å². The van der Waals surface area contributed by atoms with Gasteiger partial charge in [0.25, 0.3) is 0 Å². The normalized spacial score (nSPS) is 10.4. The second-order valence-corrected chi connectivity index (χ2v) is 5.31. The summed E-state index contributed by atoms with van der Waals surface area (Å²) in [6.07, 6.45) is 0. The van der Waals surface area contributed by atoms with Crippen LogP contribution in [-0.4, -0.2) is 17.7 Å². The molecule has 122 valence electrons. The molecule has 0 fully saturated rings. The number of hydrogen-bond acceptors (Lipinski definition) is 5. The highest BCUT2D eigenvalue weighted by Gasteiger charge is 2.10. The third kappa shape index (κ3) is 4.23. The maximum atomic E-state index is 11.7. The fourth-order valence-corrected chi connectivity index (χ4v) is 2.09. The van der Waals surface area contributed by atoms with E-state index in [2.05, 4.69) is 5.16 Å². The monoisotopic (exact) mass is 323 g/mol. The van der Waals surface area contributed by atoms with Gasteiger partial charge in [-0.25, -0.2) is 4.79 Å². The zero-order valence-corrected chi connectivity index (χ0v) is 13.3. The maximum Gasteiger partial charge on any atom is 0.344 e. The zero-order valence-electron chi connectivity index (χ0n) is 13.3. The molecule has 2 aromatic carbocycles. The molecule has 0 amide bonds. The highest BCUT2D eigenvalue weighted by Crippen LogP contribution is 2.21. The zero-order chi connectivity index (χ0) is 16.8. The van der Waals surface area contributed by atoms with E-state index >= 15 is 0 Å². The second kappa shape index (κ2) is 7.46. The Hall–Kier alpha value is -3.08. The largest absolute Gasteiger partial charge is 0.482 e. The minimum absolute atomic E-state index is 0.0480.